The van der Waals surface area contributed by atoms with Gasteiger partial charge in [-0.3, -0.25) is 9.59 Å². The van der Waals surface area contributed by atoms with Crippen LogP contribution in [0.1, 0.15) is 61.3 Å². The summed E-state index contributed by atoms with van der Waals surface area (Å²) in [5.74, 6) is -1.66. The van der Waals surface area contributed by atoms with Crippen LogP contribution in [0.3, 0.4) is 0 Å². The normalized spacial score (nSPS) is 28.6. The third-order valence-electron chi connectivity index (χ3n) is 4.93. The first-order chi connectivity index (χ1) is 12.3. The molecule has 0 spiro atoms. The van der Waals surface area contributed by atoms with Gasteiger partial charge in [-0.15, -0.1) is 0 Å². The van der Waals surface area contributed by atoms with Crippen molar-refractivity contribution < 1.29 is 28.6 Å². The van der Waals surface area contributed by atoms with E-state index in [1.54, 1.807) is 20.8 Å². The molecule has 0 aromatic heterocycles. The zero-order chi connectivity index (χ0) is 20.6. The summed E-state index contributed by atoms with van der Waals surface area (Å²) in [5.41, 5.74) is -0.555. The third-order valence-corrected chi connectivity index (χ3v) is 4.93. The number of esters is 3. The molecule has 1 unspecified atom stereocenters. The molecule has 0 aromatic carbocycles. The van der Waals surface area contributed by atoms with E-state index in [1.165, 1.54) is 0 Å². The first kappa shape index (κ1) is 21.5. The van der Waals surface area contributed by atoms with Crippen molar-refractivity contribution >= 4 is 17.9 Å². The fourth-order valence-electron chi connectivity index (χ4n) is 3.43. The van der Waals surface area contributed by atoms with Crippen molar-refractivity contribution in [2.45, 2.75) is 73.0 Å². The van der Waals surface area contributed by atoms with Crippen LogP contribution in [0.4, 0.5) is 0 Å². The van der Waals surface area contributed by atoms with E-state index < -0.39 is 16.9 Å². The predicted molar refractivity (Wildman–Crippen MR) is 99.6 cm³/mol. The minimum Gasteiger partial charge on any atom is -0.464 e. The molecule has 6 heteroatoms. The molecular weight excluding hydrogens is 348 g/mol. The van der Waals surface area contributed by atoms with E-state index in [0.29, 0.717) is 18.4 Å². The molecule has 1 fully saturated rings. The molecule has 0 amide bonds. The zero-order valence-corrected chi connectivity index (χ0v) is 17.5. The van der Waals surface area contributed by atoms with Gasteiger partial charge in [-0.25, -0.2) is 4.79 Å². The van der Waals surface area contributed by atoms with Crippen LogP contribution in [-0.2, 0) is 28.6 Å². The second-order valence-corrected chi connectivity index (χ2v) is 9.63. The Morgan fingerprint density at radius 2 is 1.81 bits per heavy atom. The first-order valence-electron chi connectivity index (χ1n) is 9.60. The molecule has 0 radical (unpaired) electrons. The number of fused-ring (bicyclic) bond motifs is 1. The Balaban J connectivity index is 2.11. The van der Waals surface area contributed by atoms with E-state index in [9.17, 15) is 14.4 Å². The first-order valence-corrected chi connectivity index (χ1v) is 9.60. The van der Waals surface area contributed by atoms with Gasteiger partial charge in [0.15, 0.2) is 0 Å². The minimum absolute atomic E-state index is 0.0140. The minimum atomic E-state index is -0.621. The molecule has 1 saturated heterocycles. The highest BCUT2D eigenvalue weighted by molar-refractivity contribution is 5.89. The Kier molecular flexibility index (Phi) is 6.07. The van der Waals surface area contributed by atoms with Crippen LogP contribution in [0.15, 0.2) is 11.6 Å². The quantitative estimate of drug-likeness (QED) is 0.551. The molecule has 0 bridgehead atoms. The molecule has 0 saturated carbocycles. The lowest BCUT2D eigenvalue weighted by Crippen LogP contribution is -2.30. The fraction of sp³-hybridized carbons (Fsp3) is 0.762. The number of allylic oxidation sites excluding steroid dienone is 1. The molecular formula is C21H32O6. The van der Waals surface area contributed by atoms with E-state index in [2.05, 4.69) is 0 Å². The summed E-state index contributed by atoms with van der Waals surface area (Å²) in [5, 5.41) is 0. The summed E-state index contributed by atoms with van der Waals surface area (Å²) in [6.07, 6.45) is 2.67. The Morgan fingerprint density at radius 3 is 2.37 bits per heavy atom. The molecule has 4 atom stereocenters. The van der Waals surface area contributed by atoms with Gasteiger partial charge in [-0.05, 0) is 60.3 Å². The van der Waals surface area contributed by atoms with E-state index in [4.69, 9.17) is 14.2 Å². The second kappa shape index (κ2) is 7.64. The highest BCUT2D eigenvalue weighted by Gasteiger charge is 2.47. The summed E-state index contributed by atoms with van der Waals surface area (Å²) in [6, 6.07) is 0. The van der Waals surface area contributed by atoms with Crippen LogP contribution in [-0.4, -0.2) is 36.2 Å². The fourth-order valence-corrected chi connectivity index (χ4v) is 3.43. The SMILES string of the molecule is C[C@H]1C[C@@H]2OC(=O)C(COC(=O)C(C)(C)C)[C@H]2CC=C1C(=O)OC(C)(C)C. The van der Waals surface area contributed by atoms with Crippen molar-refractivity contribution in [3.05, 3.63) is 11.6 Å². The number of carbonyl (C=O) groups is 3. The van der Waals surface area contributed by atoms with Gasteiger partial charge in [0.1, 0.15) is 18.3 Å². The lowest BCUT2D eigenvalue weighted by atomic mass is 9.86. The van der Waals surface area contributed by atoms with Crippen molar-refractivity contribution in [2.75, 3.05) is 6.61 Å². The van der Waals surface area contributed by atoms with Gasteiger partial charge in [-0.1, -0.05) is 13.0 Å². The number of ether oxygens (including phenoxy) is 3. The van der Waals surface area contributed by atoms with E-state index in [0.717, 1.165) is 0 Å². The summed E-state index contributed by atoms with van der Waals surface area (Å²) in [4.78, 5) is 36.8. The maximum absolute atomic E-state index is 12.5. The van der Waals surface area contributed by atoms with Crippen LogP contribution in [0, 0.1) is 23.2 Å². The van der Waals surface area contributed by atoms with Crippen molar-refractivity contribution in [3.8, 4) is 0 Å². The molecule has 6 nitrogen and oxygen atoms in total. The van der Waals surface area contributed by atoms with Gasteiger partial charge in [0.2, 0.25) is 0 Å². The van der Waals surface area contributed by atoms with E-state index in [-0.39, 0.29) is 42.5 Å². The van der Waals surface area contributed by atoms with Gasteiger partial charge in [0, 0.05) is 11.5 Å². The van der Waals surface area contributed by atoms with Crippen molar-refractivity contribution in [2.24, 2.45) is 23.2 Å². The molecule has 0 aromatic rings. The van der Waals surface area contributed by atoms with Crippen molar-refractivity contribution in [1.29, 1.82) is 0 Å². The topological polar surface area (TPSA) is 78.9 Å². The summed E-state index contributed by atoms with van der Waals surface area (Å²) >= 11 is 0. The van der Waals surface area contributed by atoms with Crippen LogP contribution >= 0.6 is 0 Å². The highest BCUT2D eigenvalue weighted by atomic mass is 16.6. The second-order valence-electron chi connectivity index (χ2n) is 9.63. The van der Waals surface area contributed by atoms with Crippen LogP contribution in [0.5, 0.6) is 0 Å². The highest BCUT2D eigenvalue weighted by Crippen LogP contribution is 2.40. The van der Waals surface area contributed by atoms with Crippen LogP contribution < -0.4 is 0 Å². The zero-order valence-electron chi connectivity index (χ0n) is 17.5. The van der Waals surface area contributed by atoms with Crippen molar-refractivity contribution in [1.82, 2.24) is 0 Å². The van der Waals surface area contributed by atoms with E-state index in [1.807, 2.05) is 33.8 Å². The van der Waals surface area contributed by atoms with Gasteiger partial charge in [0.05, 0.1) is 11.3 Å². The van der Waals surface area contributed by atoms with E-state index >= 15 is 0 Å². The average Bonchev–Trinajstić information content (AvgIpc) is 2.67. The van der Waals surface area contributed by atoms with Crippen molar-refractivity contribution in [3.63, 3.8) is 0 Å². The Labute approximate surface area is 161 Å². The number of carbonyl (C=O) groups excluding carboxylic acids is 3. The molecule has 2 rings (SSSR count). The Bertz CT molecular complexity index is 634. The predicted octanol–water partition coefficient (Wildman–Crippen LogP) is 3.43. The number of rotatable bonds is 3. The van der Waals surface area contributed by atoms with Gasteiger partial charge in [0.25, 0.3) is 0 Å². The Hall–Kier alpha value is -1.85. The van der Waals surface area contributed by atoms with Crippen LogP contribution in [0.2, 0.25) is 0 Å². The summed E-state index contributed by atoms with van der Waals surface area (Å²) in [7, 11) is 0. The van der Waals surface area contributed by atoms with Gasteiger partial charge in [-0.2, -0.15) is 0 Å². The molecule has 1 aliphatic carbocycles. The maximum Gasteiger partial charge on any atom is 0.334 e. The summed E-state index contributed by atoms with van der Waals surface area (Å²) < 4.78 is 16.4. The molecule has 1 aliphatic heterocycles. The van der Waals surface area contributed by atoms with Gasteiger partial charge >= 0.3 is 17.9 Å². The van der Waals surface area contributed by atoms with Gasteiger partial charge < -0.3 is 14.2 Å². The monoisotopic (exact) mass is 380 g/mol. The Morgan fingerprint density at radius 1 is 1.19 bits per heavy atom. The summed E-state index contributed by atoms with van der Waals surface area (Å²) in [6.45, 7) is 12.8. The third kappa shape index (κ3) is 5.33. The molecule has 152 valence electrons. The number of hydrogen-bond donors (Lipinski definition) is 0. The maximum atomic E-state index is 12.5. The van der Waals surface area contributed by atoms with Crippen LogP contribution in [0.25, 0.3) is 0 Å². The smallest absolute Gasteiger partial charge is 0.334 e. The number of hydrogen-bond acceptors (Lipinski definition) is 6. The molecule has 27 heavy (non-hydrogen) atoms. The standard InChI is InChI=1S/C21H32O6/c1-12-10-16-14(9-8-13(12)18(23)27-21(5,6)7)15(17(22)26-16)11-25-19(24)20(2,3)4/h8,12,14-16H,9-11H2,1-7H3/t12-,14+,15?,16-/m0/s1. The molecule has 1 heterocycles. The lowest BCUT2D eigenvalue weighted by Gasteiger charge is -2.23. The molecule has 0 N–H and O–H groups in total. The lowest BCUT2D eigenvalue weighted by molar-refractivity contribution is -0.157. The largest absolute Gasteiger partial charge is 0.464 e. The average molecular weight is 380 g/mol. The molecule has 2 aliphatic rings.